The molecule has 6 heteroatoms. The quantitative estimate of drug-likeness (QED) is 0.528. The minimum absolute atomic E-state index is 0.0949. The van der Waals surface area contributed by atoms with E-state index >= 15 is 0 Å². The van der Waals surface area contributed by atoms with E-state index in [4.69, 9.17) is 10.1 Å². The van der Waals surface area contributed by atoms with E-state index in [2.05, 4.69) is 0 Å². The first-order chi connectivity index (χ1) is 5.55. The number of hydrogen-bond donors (Lipinski definition) is 2. The summed E-state index contributed by atoms with van der Waals surface area (Å²) >= 11 is 0. The van der Waals surface area contributed by atoms with Gasteiger partial charge in [-0.15, -0.1) is 0 Å². The van der Waals surface area contributed by atoms with Gasteiger partial charge in [0.05, 0.1) is 4.91 Å². The highest BCUT2D eigenvalue weighted by molar-refractivity contribution is 7.59. The van der Waals surface area contributed by atoms with E-state index in [9.17, 15) is 9.47 Å². The van der Waals surface area contributed by atoms with Crippen LogP contribution in [0.5, 0.6) is 0 Å². The van der Waals surface area contributed by atoms with Crippen LogP contribution < -0.4 is 5.30 Å². The fourth-order valence-electron chi connectivity index (χ4n) is 0.721. The number of benzene rings is 1. The Morgan fingerprint density at radius 3 is 2.17 bits per heavy atom. The standard InChI is InChI=1S/C6H6NO4P/c8-7(9)12(10,11)6-4-2-1-3-5-6/h1-5H,(H-,8,9,10,11)/p+1. The Kier molecular flexibility index (Phi) is 2.26. The van der Waals surface area contributed by atoms with Crippen LogP contribution in [0.25, 0.3) is 0 Å². The molecular formula is C6H7NO4P+. The summed E-state index contributed by atoms with van der Waals surface area (Å²) in [6.07, 6.45) is 0. The van der Waals surface area contributed by atoms with Gasteiger partial charge >= 0.3 is 7.52 Å². The summed E-state index contributed by atoms with van der Waals surface area (Å²) in [5.41, 5.74) is 0. The summed E-state index contributed by atoms with van der Waals surface area (Å²) in [6, 6.07) is 7.23. The molecule has 0 aliphatic carbocycles. The van der Waals surface area contributed by atoms with Crippen LogP contribution in [0.4, 0.5) is 0 Å². The molecule has 0 fully saturated rings. The van der Waals surface area contributed by atoms with Gasteiger partial charge in [0.1, 0.15) is 5.30 Å². The Labute approximate surface area is 68.3 Å². The van der Waals surface area contributed by atoms with Crippen molar-refractivity contribution in [1.82, 2.24) is 0 Å². The van der Waals surface area contributed by atoms with Crippen molar-refractivity contribution in [3.05, 3.63) is 35.2 Å². The average Bonchev–Trinajstić information content (AvgIpc) is 2.06. The van der Waals surface area contributed by atoms with Crippen molar-refractivity contribution in [2.45, 2.75) is 0 Å². The first-order valence-corrected chi connectivity index (χ1v) is 4.71. The molecule has 0 aliphatic rings. The van der Waals surface area contributed by atoms with Gasteiger partial charge < -0.3 is 0 Å². The molecule has 2 N–H and O–H groups in total. The number of nitrogens with zero attached hydrogens (tertiary/aromatic N) is 1. The van der Waals surface area contributed by atoms with E-state index in [1.54, 1.807) is 6.07 Å². The topological polar surface area (TPSA) is 77.6 Å². The third-order valence-corrected chi connectivity index (χ3v) is 2.76. The van der Waals surface area contributed by atoms with Crippen LogP contribution in [0.2, 0.25) is 0 Å². The van der Waals surface area contributed by atoms with Gasteiger partial charge in [0.15, 0.2) is 0 Å². The Morgan fingerprint density at radius 1 is 1.25 bits per heavy atom. The fourth-order valence-corrected chi connectivity index (χ4v) is 1.48. The van der Waals surface area contributed by atoms with Crippen molar-refractivity contribution in [1.29, 1.82) is 0 Å². The zero-order valence-electron chi connectivity index (χ0n) is 5.99. The monoisotopic (exact) mass is 188 g/mol. The normalized spacial score (nSPS) is 15.1. The number of rotatable bonds is 2. The lowest BCUT2D eigenvalue weighted by atomic mass is 10.4. The Balaban J connectivity index is 3.16. The average molecular weight is 188 g/mol. The van der Waals surface area contributed by atoms with E-state index in [-0.39, 0.29) is 5.30 Å². The van der Waals surface area contributed by atoms with E-state index in [0.717, 1.165) is 0 Å². The smallest absolute Gasteiger partial charge is 0.285 e. The van der Waals surface area contributed by atoms with Gasteiger partial charge in [-0.05, 0) is 12.1 Å². The molecule has 0 heterocycles. The predicted molar refractivity (Wildman–Crippen MR) is 41.3 cm³/mol. The summed E-state index contributed by atoms with van der Waals surface area (Å²) in [5, 5.41) is 8.20. The molecule has 1 atom stereocenters. The van der Waals surface area contributed by atoms with Gasteiger partial charge in [-0.3, -0.25) is 4.89 Å². The van der Waals surface area contributed by atoms with Gasteiger partial charge in [-0.1, -0.05) is 18.2 Å². The van der Waals surface area contributed by atoms with Crippen LogP contribution in [-0.4, -0.2) is 14.8 Å². The highest BCUT2D eigenvalue weighted by atomic mass is 31.2. The lowest BCUT2D eigenvalue weighted by molar-refractivity contribution is -0.683. The lowest BCUT2D eigenvalue weighted by Gasteiger charge is -1.95. The molecule has 0 bridgehead atoms. The Bertz CT molecular complexity index is 337. The SMILES string of the molecule is O=[N+](O)P(=O)(O)c1ccccc1. The Morgan fingerprint density at radius 2 is 1.75 bits per heavy atom. The van der Waals surface area contributed by atoms with Crippen LogP contribution >= 0.6 is 7.52 Å². The van der Waals surface area contributed by atoms with Crippen LogP contribution in [-0.2, 0) is 4.57 Å². The third-order valence-electron chi connectivity index (χ3n) is 1.32. The summed E-state index contributed by atoms with van der Waals surface area (Å²) in [7, 11) is -4.28. The molecule has 0 aromatic heterocycles. The third kappa shape index (κ3) is 1.52. The van der Waals surface area contributed by atoms with Crippen LogP contribution in [0.3, 0.4) is 0 Å². The van der Waals surface area contributed by atoms with Gasteiger partial charge in [-0.2, -0.15) is 0 Å². The predicted octanol–water partition coefficient (Wildman–Crippen LogP) is 0.665. The fraction of sp³-hybridized carbons (Fsp3) is 0. The molecule has 0 aliphatic heterocycles. The molecule has 1 aromatic carbocycles. The second-order valence-electron chi connectivity index (χ2n) is 2.13. The molecule has 0 saturated heterocycles. The van der Waals surface area contributed by atoms with Crippen LogP contribution in [0, 0.1) is 4.91 Å². The summed E-state index contributed by atoms with van der Waals surface area (Å²) in [4.78, 5) is 19.2. The van der Waals surface area contributed by atoms with Crippen LogP contribution in [0.1, 0.15) is 0 Å². The van der Waals surface area contributed by atoms with Gasteiger partial charge in [0, 0.05) is 0 Å². The van der Waals surface area contributed by atoms with E-state index < -0.39 is 12.2 Å². The molecule has 12 heavy (non-hydrogen) atoms. The zero-order valence-corrected chi connectivity index (χ0v) is 6.89. The van der Waals surface area contributed by atoms with Crippen molar-refractivity contribution >= 4 is 12.8 Å². The minimum atomic E-state index is -4.28. The van der Waals surface area contributed by atoms with E-state index in [0.29, 0.717) is 0 Å². The molecule has 1 rings (SSSR count). The summed E-state index contributed by atoms with van der Waals surface area (Å²) < 4.78 is 10.1. The van der Waals surface area contributed by atoms with Crippen molar-refractivity contribution in [3.63, 3.8) is 0 Å². The highest BCUT2D eigenvalue weighted by Gasteiger charge is 2.41. The molecule has 5 nitrogen and oxygen atoms in total. The first kappa shape index (κ1) is 8.90. The van der Waals surface area contributed by atoms with Crippen LogP contribution in [0.15, 0.2) is 30.3 Å². The largest absolute Gasteiger partial charge is 0.581 e. The first-order valence-electron chi connectivity index (χ1n) is 3.10. The van der Waals surface area contributed by atoms with Gasteiger partial charge in [0.25, 0.3) is 4.69 Å². The molecule has 0 saturated carbocycles. The highest BCUT2D eigenvalue weighted by Crippen LogP contribution is 2.37. The maximum Gasteiger partial charge on any atom is 0.581 e. The second kappa shape index (κ2) is 3.05. The maximum atomic E-state index is 11.0. The second-order valence-corrected chi connectivity index (χ2v) is 4.08. The molecule has 1 aromatic rings. The lowest BCUT2D eigenvalue weighted by Crippen LogP contribution is -2.11. The van der Waals surface area contributed by atoms with Gasteiger partial charge in [0.2, 0.25) is 0 Å². The minimum Gasteiger partial charge on any atom is -0.285 e. The van der Waals surface area contributed by atoms with Crippen molar-refractivity contribution in [3.8, 4) is 0 Å². The molecule has 0 radical (unpaired) electrons. The molecular weight excluding hydrogens is 181 g/mol. The summed E-state index contributed by atoms with van der Waals surface area (Å²) in [5.74, 6) is 0. The zero-order chi connectivity index (χ0) is 9.19. The van der Waals surface area contributed by atoms with Crippen molar-refractivity contribution in [2.75, 3.05) is 0 Å². The molecule has 1 unspecified atom stereocenters. The van der Waals surface area contributed by atoms with E-state index in [1.165, 1.54) is 24.3 Å². The van der Waals surface area contributed by atoms with Crippen molar-refractivity contribution in [2.24, 2.45) is 0 Å². The van der Waals surface area contributed by atoms with Crippen molar-refractivity contribution < 1.29 is 19.4 Å². The summed E-state index contributed by atoms with van der Waals surface area (Å²) in [6.45, 7) is 0. The molecule has 64 valence electrons. The van der Waals surface area contributed by atoms with Gasteiger partial charge in [-0.25, -0.2) is 9.77 Å². The van der Waals surface area contributed by atoms with E-state index in [1.807, 2.05) is 0 Å². The molecule has 0 amide bonds. The Hall–Kier alpha value is -1.19. The molecule has 0 spiro atoms. The maximum absolute atomic E-state index is 11.0. The number of hydrogen-bond acceptors (Lipinski definition) is 2.